The average molecular weight is 382 g/mol. The largest absolute Gasteiger partial charge is 0.337 e. The van der Waals surface area contributed by atoms with Gasteiger partial charge in [0.15, 0.2) is 5.03 Å². The Balaban J connectivity index is 1.29. The van der Waals surface area contributed by atoms with Gasteiger partial charge in [0.2, 0.25) is 0 Å². The Morgan fingerprint density at radius 1 is 0.962 bits per heavy atom. The highest BCUT2D eigenvalue weighted by Gasteiger charge is 2.41. The van der Waals surface area contributed by atoms with E-state index in [-0.39, 0.29) is 5.03 Å². The summed E-state index contributed by atoms with van der Waals surface area (Å²) in [6.07, 6.45) is 8.50. The monoisotopic (exact) mass is 381 g/mol. The summed E-state index contributed by atoms with van der Waals surface area (Å²) in [5.41, 5.74) is 0. The highest BCUT2D eigenvalue weighted by Crippen LogP contribution is 2.27. The van der Waals surface area contributed by atoms with Crippen LogP contribution in [-0.4, -0.2) is 83.4 Å². The van der Waals surface area contributed by atoms with Crippen molar-refractivity contribution in [3.05, 3.63) is 12.0 Å². The predicted molar refractivity (Wildman–Crippen MR) is 101 cm³/mol. The molecular formula is C18H31N5O2S. The Labute approximate surface area is 157 Å². The topological polar surface area (TPSA) is 61.7 Å². The summed E-state index contributed by atoms with van der Waals surface area (Å²) >= 11 is 0. The van der Waals surface area contributed by atoms with Gasteiger partial charge in [-0.3, -0.25) is 9.80 Å². The Morgan fingerprint density at radius 2 is 1.54 bits per heavy atom. The number of sulfonamides is 1. The maximum Gasteiger partial charge on any atom is 0.262 e. The fourth-order valence-corrected chi connectivity index (χ4v) is 6.08. The molecule has 26 heavy (non-hydrogen) atoms. The lowest BCUT2D eigenvalue weighted by atomic mass is 9.93. The van der Waals surface area contributed by atoms with Crippen LogP contribution in [0.1, 0.15) is 37.9 Å². The van der Waals surface area contributed by atoms with Gasteiger partial charge in [0.25, 0.3) is 10.0 Å². The van der Waals surface area contributed by atoms with E-state index in [2.05, 4.69) is 14.8 Å². The van der Waals surface area contributed by atoms with E-state index in [9.17, 15) is 8.42 Å². The summed E-state index contributed by atoms with van der Waals surface area (Å²) in [7, 11) is -1.61. The maximum absolute atomic E-state index is 12.7. The number of rotatable bonds is 4. The van der Waals surface area contributed by atoms with Gasteiger partial charge in [-0.05, 0) is 19.8 Å². The molecule has 0 unspecified atom stereocenters. The summed E-state index contributed by atoms with van der Waals surface area (Å²) in [5.74, 6) is 0.722. The minimum atomic E-state index is -3.44. The molecule has 1 aromatic rings. The van der Waals surface area contributed by atoms with Crippen molar-refractivity contribution in [3.63, 3.8) is 0 Å². The van der Waals surface area contributed by atoms with E-state index in [4.69, 9.17) is 0 Å². The first-order valence-corrected chi connectivity index (χ1v) is 11.4. The number of hydrogen-bond donors (Lipinski definition) is 0. The van der Waals surface area contributed by atoms with Crippen molar-refractivity contribution in [2.24, 2.45) is 7.05 Å². The highest BCUT2D eigenvalue weighted by atomic mass is 32.2. The second kappa shape index (κ2) is 7.22. The molecule has 146 valence electrons. The van der Waals surface area contributed by atoms with Crippen LogP contribution in [0, 0.1) is 6.92 Å². The van der Waals surface area contributed by atoms with Crippen molar-refractivity contribution in [1.29, 1.82) is 0 Å². The highest BCUT2D eigenvalue weighted by molar-refractivity contribution is 7.89. The van der Waals surface area contributed by atoms with Crippen molar-refractivity contribution < 1.29 is 8.42 Å². The van der Waals surface area contributed by atoms with Crippen LogP contribution in [0.5, 0.6) is 0 Å². The molecule has 2 aliphatic heterocycles. The maximum atomic E-state index is 12.7. The zero-order valence-corrected chi connectivity index (χ0v) is 16.8. The fourth-order valence-electron chi connectivity index (χ4n) is 4.54. The van der Waals surface area contributed by atoms with Gasteiger partial charge in [-0.2, -0.15) is 4.31 Å². The molecule has 0 atom stereocenters. The predicted octanol–water partition coefficient (Wildman–Crippen LogP) is 1.05. The molecular weight excluding hydrogens is 350 g/mol. The molecule has 7 nitrogen and oxygen atoms in total. The molecule has 2 saturated heterocycles. The van der Waals surface area contributed by atoms with E-state index in [1.165, 1.54) is 32.1 Å². The standard InChI is InChI=1S/C18H31N5O2S/c1-15-19-18(14-20(15)2)26(24,25)23-12-17(13-23)22-10-8-21(9-11-22)16-6-4-3-5-7-16/h14,16-17H,3-13H2,1-2H3. The lowest BCUT2D eigenvalue weighted by Gasteiger charge is -2.48. The van der Waals surface area contributed by atoms with E-state index >= 15 is 0 Å². The lowest BCUT2D eigenvalue weighted by Crippen LogP contribution is -2.64. The molecule has 1 aliphatic carbocycles. The SMILES string of the molecule is Cc1nc(S(=O)(=O)N2CC(N3CCN(C4CCCCC4)CC3)C2)cn1C. The van der Waals surface area contributed by atoms with Crippen molar-refractivity contribution in [2.75, 3.05) is 39.3 Å². The van der Waals surface area contributed by atoms with Crippen molar-refractivity contribution >= 4 is 10.0 Å². The summed E-state index contributed by atoms with van der Waals surface area (Å²) < 4.78 is 28.7. The molecule has 4 rings (SSSR count). The smallest absolute Gasteiger partial charge is 0.262 e. The molecule has 8 heteroatoms. The molecule has 0 amide bonds. The second-order valence-electron chi connectivity index (χ2n) is 8.08. The first-order valence-electron chi connectivity index (χ1n) is 9.93. The first-order chi connectivity index (χ1) is 12.4. The average Bonchev–Trinajstić information content (AvgIpc) is 2.95. The molecule has 0 radical (unpaired) electrons. The molecule has 3 fully saturated rings. The third-order valence-electron chi connectivity index (χ3n) is 6.48. The Hall–Kier alpha value is -0.960. The number of aromatic nitrogens is 2. The van der Waals surface area contributed by atoms with Gasteiger partial charge in [-0.1, -0.05) is 19.3 Å². The van der Waals surface area contributed by atoms with E-state index in [0.717, 1.165) is 38.0 Å². The molecule has 1 aromatic heterocycles. The van der Waals surface area contributed by atoms with Gasteiger partial charge in [-0.25, -0.2) is 13.4 Å². The Kier molecular flexibility index (Phi) is 5.11. The van der Waals surface area contributed by atoms with Crippen LogP contribution in [0.3, 0.4) is 0 Å². The Bertz CT molecular complexity index is 707. The minimum absolute atomic E-state index is 0.179. The van der Waals surface area contributed by atoms with Gasteiger partial charge in [0, 0.05) is 64.6 Å². The number of hydrogen-bond acceptors (Lipinski definition) is 5. The minimum Gasteiger partial charge on any atom is -0.337 e. The van der Waals surface area contributed by atoms with Crippen LogP contribution in [0.25, 0.3) is 0 Å². The number of aryl methyl sites for hydroxylation is 2. The van der Waals surface area contributed by atoms with Gasteiger partial charge >= 0.3 is 0 Å². The molecule has 0 aromatic carbocycles. The molecule has 3 heterocycles. The zero-order valence-electron chi connectivity index (χ0n) is 16.0. The van der Waals surface area contributed by atoms with Crippen LogP contribution in [0.2, 0.25) is 0 Å². The Morgan fingerprint density at radius 3 is 2.08 bits per heavy atom. The summed E-state index contributed by atoms with van der Waals surface area (Å²) in [6.45, 7) is 7.42. The van der Waals surface area contributed by atoms with Crippen molar-refractivity contribution in [3.8, 4) is 0 Å². The normalized spacial score (nSPS) is 25.5. The molecule has 0 spiro atoms. The van der Waals surface area contributed by atoms with Crippen LogP contribution < -0.4 is 0 Å². The number of piperazine rings is 1. The van der Waals surface area contributed by atoms with E-state index in [0.29, 0.717) is 19.1 Å². The van der Waals surface area contributed by atoms with Crippen LogP contribution >= 0.6 is 0 Å². The number of nitrogens with zero attached hydrogens (tertiary/aromatic N) is 5. The van der Waals surface area contributed by atoms with Gasteiger partial charge in [0.05, 0.1) is 0 Å². The second-order valence-corrected chi connectivity index (χ2v) is 9.96. The number of imidazole rings is 1. The van der Waals surface area contributed by atoms with Crippen LogP contribution in [-0.2, 0) is 17.1 Å². The van der Waals surface area contributed by atoms with Crippen LogP contribution in [0.15, 0.2) is 11.2 Å². The van der Waals surface area contributed by atoms with Gasteiger partial charge < -0.3 is 4.57 Å². The van der Waals surface area contributed by atoms with Crippen molar-refractivity contribution in [1.82, 2.24) is 23.7 Å². The van der Waals surface area contributed by atoms with E-state index in [1.54, 1.807) is 15.1 Å². The third-order valence-corrected chi connectivity index (χ3v) is 8.18. The van der Waals surface area contributed by atoms with Gasteiger partial charge in [-0.15, -0.1) is 0 Å². The van der Waals surface area contributed by atoms with E-state index < -0.39 is 10.0 Å². The summed E-state index contributed by atoms with van der Waals surface area (Å²) in [4.78, 5) is 9.34. The molecule has 1 saturated carbocycles. The third kappa shape index (κ3) is 3.44. The first kappa shape index (κ1) is 18.4. The quantitative estimate of drug-likeness (QED) is 0.780. The molecule has 3 aliphatic rings. The van der Waals surface area contributed by atoms with E-state index in [1.807, 2.05) is 14.0 Å². The van der Waals surface area contributed by atoms with Gasteiger partial charge in [0.1, 0.15) is 5.82 Å². The fraction of sp³-hybridized carbons (Fsp3) is 0.833. The summed E-state index contributed by atoms with van der Waals surface area (Å²) in [5, 5.41) is 0.179. The molecule has 0 N–H and O–H groups in total. The molecule has 0 bridgehead atoms. The summed E-state index contributed by atoms with van der Waals surface area (Å²) in [6, 6.07) is 1.15. The van der Waals surface area contributed by atoms with Crippen LogP contribution in [0.4, 0.5) is 0 Å². The van der Waals surface area contributed by atoms with Crippen molar-refractivity contribution in [2.45, 2.75) is 56.1 Å². The lowest BCUT2D eigenvalue weighted by molar-refractivity contribution is 0.0202. The zero-order chi connectivity index (χ0) is 18.3.